The fraction of sp³-hybridized carbons (Fsp3) is 0.526. The maximum Gasteiger partial charge on any atom is 0.335 e. The van der Waals surface area contributed by atoms with Crippen molar-refractivity contribution in [2.24, 2.45) is 11.8 Å². The Balaban J connectivity index is 1.53. The van der Waals surface area contributed by atoms with Gasteiger partial charge >= 0.3 is 11.9 Å². The van der Waals surface area contributed by atoms with Gasteiger partial charge in [0.05, 0.1) is 37.6 Å². The minimum Gasteiger partial charge on any atom is -0.462 e. The van der Waals surface area contributed by atoms with Gasteiger partial charge in [0.15, 0.2) is 0 Å². The lowest BCUT2D eigenvalue weighted by molar-refractivity contribution is -0.139. The number of hydrogen-bond donors (Lipinski definition) is 2. The SMILES string of the molecule is C=C(CO)C(=O)OCCC(CCOC(=O)C(=C)CO)c1ccc(-c2ccc(CCC3CCC(CCCCC)CC3)cc2)cc1. The summed E-state index contributed by atoms with van der Waals surface area (Å²) >= 11 is 0. The van der Waals surface area contributed by atoms with Gasteiger partial charge < -0.3 is 19.7 Å². The van der Waals surface area contributed by atoms with Crippen LogP contribution >= 0.6 is 0 Å². The molecule has 0 aliphatic heterocycles. The van der Waals surface area contributed by atoms with Crippen LogP contribution in [0.15, 0.2) is 72.8 Å². The van der Waals surface area contributed by atoms with E-state index in [0.29, 0.717) is 12.8 Å². The van der Waals surface area contributed by atoms with Crippen molar-refractivity contribution in [2.45, 2.75) is 89.9 Å². The number of ether oxygens (including phenoxy) is 2. The Kier molecular flexibility index (Phi) is 15.4. The summed E-state index contributed by atoms with van der Waals surface area (Å²) in [5.41, 5.74) is 4.74. The molecule has 44 heavy (non-hydrogen) atoms. The summed E-state index contributed by atoms with van der Waals surface area (Å²) in [4.78, 5) is 23.8. The zero-order valence-electron chi connectivity index (χ0n) is 26.6. The van der Waals surface area contributed by atoms with Crippen molar-refractivity contribution in [3.05, 3.63) is 84.0 Å². The summed E-state index contributed by atoms with van der Waals surface area (Å²) in [6.07, 6.45) is 14.6. The third-order valence-corrected chi connectivity index (χ3v) is 9.05. The number of esters is 2. The first kappa shape index (κ1) is 35.3. The molecule has 0 aromatic heterocycles. The first-order chi connectivity index (χ1) is 21.3. The molecule has 240 valence electrons. The Morgan fingerprint density at radius 2 is 1.23 bits per heavy atom. The van der Waals surface area contributed by atoms with Crippen LogP contribution < -0.4 is 0 Å². The molecule has 6 heteroatoms. The van der Waals surface area contributed by atoms with E-state index in [2.05, 4.69) is 68.6 Å². The molecule has 0 heterocycles. The normalized spacial score (nSPS) is 16.5. The van der Waals surface area contributed by atoms with Gasteiger partial charge in [0.2, 0.25) is 0 Å². The number of aryl methyl sites for hydroxylation is 1. The topological polar surface area (TPSA) is 93.1 Å². The summed E-state index contributed by atoms with van der Waals surface area (Å²) in [6.45, 7) is 8.67. The molecule has 3 rings (SSSR count). The van der Waals surface area contributed by atoms with Crippen molar-refractivity contribution in [3.63, 3.8) is 0 Å². The molecule has 0 amide bonds. The molecule has 1 aliphatic rings. The third kappa shape index (κ3) is 11.7. The largest absolute Gasteiger partial charge is 0.462 e. The quantitative estimate of drug-likeness (QED) is 0.0969. The first-order valence-corrected chi connectivity index (χ1v) is 16.4. The summed E-state index contributed by atoms with van der Waals surface area (Å²) in [7, 11) is 0. The molecule has 1 aliphatic carbocycles. The lowest BCUT2D eigenvalue weighted by atomic mass is 9.78. The lowest BCUT2D eigenvalue weighted by Gasteiger charge is -2.28. The van der Waals surface area contributed by atoms with E-state index in [1.165, 1.54) is 63.4 Å². The second-order valence-corrected chi connectivity index (χ2v) is 12.3. The van der Waals surface area contributed by atoms with Crippen molar-refractivity contribution in [1.82, 2.24) is 0 Å². The van der Waals surface area contributed by atoms with Gasteiger partial charge in [-0.2, -0.15) is 0 Å². The Morgan fingerprint density at radius 1 is 0.750 bits per heavy atom. The number of carbonyl (C=O) groups excluding carboxylic acids is 2. The second-order valence-electron chi connectivity index (χ2n) is 12.3. The van der Waals surface area contributed by atoms with Crippen molar-refractivity contribution in [2.75, 3.05) is 26.4 Å². The monoisotopic (exact) mass is 604 g/mol. The van der Waals surface area contributed by atoms with Crippen LogP contribution in [-0.2, 0) is 25.5 Å². The number of unbranched alkanes of at least 4 members (excludes halogenated alkanes) is 2. The van der Waals surface area contributed by atoms with Crippen LogP contribution in [0.1, 0.15) is 94.6 Å². The summed E-state index contributed by atoms with van der Waals surface area (Å²) in [5.74, 6) is 0.542. The van der Waals surface area contributed by atoms with Crippen LogP contribution in [0, 0.1) is 11.8 Å². The molecule has 0 unspecified atom stereocenters. The zero-order chi connectivity index (χ0) is 31.7. The van der Waals surface area contributed by atoms with Crippen LogP contribution in [0.3, 0.4) is 0 Å². The van der Waals surface area contributed by atoms with Gasteiger partial charge in [0.25, 0.3) is 0 Å². The minimum absolute atomic E-state index is 0.00802. The number of rotatable bonds is 19. The van der Waals surface area contributed by atoms with Gasteiger partial charge in [0, 0.05) is 0 Å². The van der Waals surface area contributed by atoms with E-state index in [4.69, 9.17) is 19.7 Å². The number of aliphatic hydroxyl groups is 2. The predicted octanol–water partition coefficient (Wildman–Crippen LogP) is 7.72. The van der Waals surface area contributed by atoms with Gasteiger partial charge in [0.1, 0.15) is 0 Å². The third-order valence-electron chi connectivity index (χ3n) is 9.05. The summed E-state index contributed by atoms with van der Waals surface area (Å²) < 4.78 is 10.5. The van der Waals surface area contributed by atoms with E-state index in [0.717, 1.165) is 34.9 Å². The molecule has 0 atom stereocenters. The highest BCUT2D eigenvalue weighted by molar-refractivity contribution is 5.88. The molecular formula is C38H52O6. The standard InChI is InChI=1S/C38H52O6/c1-4-5-6-7-30-8-10-31(11-9-30)12-13-32-14-16-33(17-15-32)34-18-20-35(21-19-34)36(22-24-43-37(41)28(2)26-39)23-25-44-38(42)29(3)27-40/h14-21,30-31,36,39-40H,2-13,22-27H2,1H3. The Labute approximate surface area is 264 Å². The van der Waals surface area contributed by atoms with Crippen LogP contribution in [0.4, 0.5) is 0 Å². The molecule has 2 aromatic rings. The van der Waals surface area contributed by atoms with Crippen LogP contribution in [0.25, 0.3) is 11.1 Å². The van der Waals surface area contributed by atoms with Gasteiger partial charge in [-0.15, -0.1) is 0 Å². The molecule has 0 bridgehead atoms. The molecule has 0 saturated heterocycles. The van der Waals surface area contributed by atoms with Gasteiger partial charge in [-0.05, 0) is 65.7 Å². The smallest absolute Gasteiger partial charge is 0.335 e. The minimum atomic E-state index is -0.624. The van der Waals surface area contributed by atoms with E-state index in [-0.39, 0.29) is 30.3 Å². The van der Waals surface area contributed by atoms with E-state index < -0.39 is 25.2 Å². The summed E-state index contributed by atoms with van der Waals surface area (Å²) in [5, 5.41) is 18.2. The molecule has 2 N–H and O–H groups in total. The van der Waals surface area contributed by atoms with Gasteiger partial charge in [-0.25, -0.2) is 9.59 Å². The Bertz CT molecular complexity index is 1140. The van der Waals surface area contributed by atoms with Crippen molar-refractivity contribution >= 4 is 11.9 Å². The van der Waals surface area contributed by atoms with E-state index in [9.17, 15) is 9.59 Å². The van der Waals surface area contributed by atoms with Gasteiger partial charge in [-0.3, -0.25) is 0 Å². The lowest BCUT2D eigenvalue weighted by Crippen LogP contribution is -2.15. The Hall–Kier alpha value is -3.22. The molecule has 1 fully saturated rings. The van der Waals surface area contributed by atoms with Crippen molar-refractivity contribution < 1.29 is 29.3 Å². The maximum absolute atomic E-state index is 11.9. The number of hydrogen-bond acceptors (Lipinski definition) is 6. The average molecular weight is 605 g/mol. The fourth-order valence-corrected chi connectivity index (χ4v) is 6.07. The molecule has 0 spiro atoms. The summed E-state index contributed by atoms with van der Waals surface area (Å²) in [6, 6.07) is 17.2. The van der Waals surface area contributed by atoms with Crippen LogP contribution in [0.5, 0.6) is 0 Å². The molecule has 2 aromatic carbocycles. The molecule has 0 radical (unpaired) electrons. The maximum atomic E-state index is 11.9. The second kappa shape index (κ2) is 19.2. The predicted molar refractivity (Wildman–Crippen MR) is 176 cm³/mol. The van der Waals surface area contributed by atoms with E-state index in [1.807, 2.05) is 0 Å². The number of benzene rings is 2. The van der Waals surface area contributed by atoms with Gasteiger partial charge in [-0.1, -0.05) is 120 Å². The highest BCUT2D eigenvalue weighted by Gasteiger charge is 2.21. The number of carbonyl (C=O) groups is 2. The van der Waals surface area contributed by atoms with Crippen molar-refractivity contribution in [1.29, 1.82) is 0 Å². The average Bonchev–Trinajstić information content (AvgIpc) is 3.06. The molecule has 1 saturated carbocycles. The fourth-order valence-electron chi connectivity index (χ4n) is 6.07. The Morgan fingerprint density at radius 3 is 1.70 bits per heavy atom. The van der Waals surface area contributed by atoms with E-state index in [1.54, 1.807) is 0 Å². The van der Waals surface area contributed by atoms with Crippen LogP contribution in [-0.4, -0.2) is 48.6 Å². The number of aliphatic hydroxyl groups excluding tert-OH is 2. The molecular weight excluding hydrogens is 552 g/mol. The highest BCUT2D eigenvalue weighted by atomic mass is 16.5. The van der Waals surface area contributed by atoms with Crippen molar-refractivity contribution in [3.8, 4) is 11.1 Å². The first-order valence-electron chi connectivity index (χ1n) is 16.4. The van der Waals surface area contributed by atoms with Crippen LogP contribution in [0.2, 0.25) is 0 Å². The highest BCUT2D eigenvalue weighted by Crippen LogP contribution is 2.34. The van der Waals surface area contributed by atoms with E-state index >= 15 is 0 Å². The zero-order valence-corrected chi connectivity index (χ0v) is 26.6. The molecule has 6 nitrogen and oxygen atoms in total.